The molecular formula is C8H7F3OS2. The van der Waals surface area contributed by atoms with Crippen LogP contribution in [-0.2, 0) is 0 Å². The summed E-state index contributed by atoms with van der Waals surface area (Å²) in [5, 5.41) is 0. The molecule has 0 aliphatic rings. The molecule has 1 nitrogen and oxygen atoms in total. The van der Waals surface area contributed by atoms with Crippen molar-refractivity contribution in [2.24, 2.45) is 0 Å². The topological polar surface area (TPSA) is 9.23 Å². The molecule has 0 saturated carbocycles. The molecule has 0 aliphatic heterocycles. The summed E-state index contributed by atoms with van der Waals surface area (Å²) in [5.41, 5.74) is 0. The highest BCUT2D eigenvalue weighted by atomic mass is 32.2. The van der Waals surface area contributed by atoms with Crippen LogP contribution in [-0.4, -0.2) is 12.6 Å². The van der Waals surface area contributed by atoms with Crippen LogP contribution in [0.15, 0.2) is 28.0 Å². The van der Waals surface area contributed by atoms with Crippen molar-refractivity contribution in [3.8, 4) is 5.75 Å². The Balaban J connectivity index is 2.87. The maximum absolute atomic E-state index is 11.8. The van der Waals surface area contributed by atoms with Crippen molar-refractivity contribution in [1.82, 2.24) is 0 Å². The number of benzene rings is 1. The number of hydrogen-bond donors (Lipinski definition) is 1. The fourth-order valence-corrected chi connectivity index (χ4v) is 1.81. The first-order valence-corrected chi connectivity index (χ1v) is 5.22. The van der Waals surface area contributed by atoms with Crippen molar-refractivity contribution in [2.75, 3.05) is 6.26 Å². The van der Waals surface area contributed by atoms with Gasteiger partial charge in [-0.25, -0.2) is 0 Å². The second kappa shape index (κ2) is 4.35. The summed E-state index contributed by atoms with van der Waals surface area (Å²) < 4.78 is 39.1. The summed E-state index contributed by atoms with van der Waals surface area (Å²) in [7, 11) is 0. The van der Waals surface area contributed by atoms with Crippen LogP contribution in [0.4, 0.5) is 13.2 Å². The molecule has 0 saturated heterocycles. The minimum atomic E-state index is -4.65. The van der Waals surface area contributed by atoms with E-state index in [1.165, 1.54) is 30.0 Å². The van der Waals surface area contributed by atoms with Gasteiger partial charge in [0.1, 0.15) is 5.75 Å². The molecule has 0 bridgehead atoms. The molecule has 1 rings (SSSR count). The van der Waals surface area contributed by atoms with Crippen LogP contribution in [0.3, 0.4) is 0 Å². The van der Waals surface area contributed by atoms with Gasteiger partial charge in [-0.3, -0.25) is 0 Å². The van der Waals surface area contributed by atoms with Crippen molar-refractivity contribution in [1.29, 1.82) is 0 Å². The largest absolute Gasteiger partial charge is 0.573 e. The highest BCUT2D eigenvalue weighted by Crippen LogP contribution is 2.30. The summed E-state index contributed by atoms with van der Waals surface area (Å²) in [6.45, 7) is 0. The van der Waals surface area contributed by atoms with Gasteiger partial charge in [0.15, 0.2) is 0 Å². The summed E-state index contributed by atoms with van der Waals surface area (Å²) in [6.07, 6.45) is -2.83. The third-order valence-electron chi connectivity index (χ3n) is 1.38. The number of alkyl halides is 3. The zero-order valence-electron chi connectivity index (χ0n) is 7.13. The van der Waals surface area contributed by atoms with E-state index < -0.39 is 6.36 Å². The first-order valence-electron chi connectivity index (χ1n) is 3.55. The highest BCUT2D eigenvalue weighted by Gasteiger charge is 2.31. The minimum Gasteiger partial charge on any atom is -0.406 e. The maximum atomic E-state index is 11.8. The Bertz CT molecular complexity index is 325. The Kier molecular flexibility index (Phi) is 3.60. The number of halogens is 3. The lowest BCUT2D eigenvalue weighted by atomic mass is 10.3. The SMILES string of the molecule is CSc1ccc(OC(F)(F)F)cc1S. The first-order chi connectivity index (χ1) is 6.42. The van der Waals surface area contributed by atoms with Crippen LogP contribution in [0.25, 0.3) is 0 Å². The lowest BCUT2D eigenvalue weighted by Gasteiger charge is -2.10. The monoisotopic (exact) mass is 240 g/mol. The molecule has 6 heteroatoms. The average Bonchev–Trinajstić information content (AvgIpc) is 2.01. The lowest BCUT2D eigenvalue weighted by molar-refractivity contribution is -0.274. The van der Waals surface area contributed by atoms with Crippen molar-refractivity contribution in [2.45, 2.75) is 16.2 Å². The standard InChI is InChI=1S/C8H7F3OS2/c1-14-7-3-2-5(4-6(7)13)12-8(9,10)11/h2-4,13H,1H3. The van der Waals surface area contributed by atoms with Crippen LogP contribution in [0.2, 0.25) is 0 Å². The van der Waals surface area contributed by atoms with Gasteiger partial charge in [0.2, 0.25) is 0 Å². The van der Waals surface area contributed by atoms with Crippen molar-refractivity contribution in [3.05, 3.63) is 18.2 Å². The van der Waals surface area contributed by atoms with Gasteiger partial charge in [-0.1, -0.05) is 0 Å². The molecule has 0 N–H and O–H groups in total. The van der Waals surface area contributed by atoms with Gasteiger partial charge in [-0.15, -0.1) is 37.6 Å². The van der Waals surface area contributed by atoms with Gasteiger partial charge in [-0.05, 0) is 24.5 Å². The van der Waals surface area contributed by atoms with Gasteiger partial charge in [0, 0.05) is 9.79 Å². The summed E-state index contributed by atoms with van der Waals surface area (Å²) in [5.74, 6) is -0.250. The highest BCUT2D eigenvalue weighted by molar-refractivity contribution is 7.99. The predicted molar refractivity (Wildman–Crippen MR) is 52.2 cm³/mol. The molecule has 0 spiro atoms. The Labute approximate surface area is 89.0 Å². The molecule has 0 aliphatic carbocycles. The predicted octanol–water partition coefficient (Wildman–Crippen LogP) is 3.60. The van der Waals surface area contributed by atoms with E-state index in [0.29, 0.717) is 4.90 Å². The quantitative estimate of drug-likeness (QED) is 0.624. The average molecular weight is 240 g/mol. The maximum Gasteiger partial charge on any atom is 0.573 e. The summed E-state index contributed by atoms with van der Waals surface area (Å²) >= 11 is 5.44. The third kappa shape index (κ3) is 3.34. The fourth-order valence-electron chi connectivity index (χ4n) is 0.867. The summed E-state index contributed by atoms with van der Waals surface area (Å²) in [6, 6.07) is 4.04. The molecule has 0 atom stereocenters. The van der Waals surface area contributed by atoms with Gasteiger partial charge in [0.25, 0.3) is 0 Å². The molecule has 14 heavy (non-hydrogen) atoms. The molecule has 0 fully saturated rings. The fraction of sp³-hybridized carbons (Fsp3) is 0.250. The van der Waals surface area contributed by atoms with Crippen molar-refractivity contribution < 1.29 is 17.9 Å². The Morgan fingerprint density at radius 3 is 2.43 bits per heavy atom. The normalized spacial score (nSPS) is 11.5. The molecule has 0 amide bonds. The van der Waals surface area contributed by atoms with E-state index in [4.69, 9.17) is 0 Å². The number of rotatable bonds is 2. The molecule has 78 valence electrons. The van der Waals surface area contributed by atoms with Gasteiger partial charge in [-0.2, -0.15) is 0 Å². The minimum absolute atomic E-state index is 0.250. The van der Waals surface area contributed by atoms with Crippen LogP contribution in [0, 0.1) is 0 Å². The van der Waals surface area contributed by atoms with Gasteiger partial charge < -0.3 is 4.74 Å². The second-order valence-electron chi connectivity index (χ2n) is 2.38. The first kappa shape index (κ1) is 11.6. The zero-order valence-corrected chi connectivity index (χ0v) is 8.84. The molecular weight excluding hydrogens is 233 g/mol. The van der Waals surface area contributed by atoms with Gasteiger partial charge in [0.05, 0.1) is 0 Å². The molecule has 0 heterocycles. The zero-order chi connectivity index (χ0) is 10.8. The van der Waals surface area contributed by atoms with Gasteiger partial charge >= 0.3 is 6.36 Å². The molecule has 0 unspecified atom stereocenters. The van der Waals surface area contributed by atoms with Crippen LogP contribution < -0.4 is 4.74 Å². The third-order valence-corrected chi connectivity index (χ3v) is 2.70. The number of thioether (sulfide) groups is 1. The van der Waals surface area contributed by atoms with E-state index in [9.17, 15) is 13.2 Å². The van der Waals surface area contributed by atoms with E-state index >= 15 is 0 Å². The van der Waals surface area contributed by atoms with Crippen molar-refractivity contribution in [3.63, 3.8) is 0 Å². The molecule has 0 radical (unpaired) electrons. The Hall–Kier alpha value is -0.490. The van der Waals surface area contributed by atoms with Crippen LogP contribution in [0.5, 0.6) is 5.75 Å². The van der Waals surface area contributed by atoms with E-state index in [-0.39, 0.29) is 5.75 Å². The summed E-state index contributed by atoms with van der Waals surface area (Å²) in [4.78, 5) is 1.28. The number of hydrogen-bond acceptors (Lipinski definition) is 3. The smallest absolute Gasteiger partial charge is 0.406 e. The molecule has 0 aromatic heterocycles. The molecule has 1 aromatic rings. The van der Waals surface area contributed by atoms with Crippen LogP contribution >= 0.6 is 24.4 Å². The van der Waals surface area contributed by atoms with Crippen LogP contribution in [0.1, 0.15) is 0 Å². The van der Waals surface area contributed by atoms with E-state index in [1.807, 2.05) is 6.26 Å². The number of thiol groups is 1. The van der Waals surface area contributed by atoms with Crippen molar-refractivity contribution >= 4 is 24.4 Å². The number of ether oxygens (including phenoxy) is 1. The molecule has 1 aromatic carbocycles. The lowest BCUT2D eigenvalue weighted by Crippen LogP contribution is -2.17. The van der Waals surface area contributed by atoms with E-state index in [0.717, 1.165) is 4.90 Å². The van der Waals surface area contributed by atoms with E-state index in [1.54, 1.807) is 0 Å². The second-order valence-corrected chi connectivity index (χ2v) is 3.71. The Morgan fingerprint density at radius 2 is 2.00 bits per heavy atom. The Morgan fingerprint density at radius 1 is 1.36 bits per heavy atom. The van der Waals surface area contributed by atoms with E-state index in [2.05, 4.69) is 17.4 Å².